The average molecular weight is 247 g/mol. The number of hydrogen-bond donors (Lipinski definition) is 1. The van der Waals surface area contributed by atoms with Crippen LogP contribution in [0.2, 0.25) is 0 Å². The minimum atomic E-state index is 0.839. The number of hydrogen-bond acceptors (Lipinski definition) is 2. The van der Waals surface area contributed by atoms with Crippen LogP contribution < -0.4 is 10.1 Å². The highest BCUT2D eigenvalue weighted by Crippen LogP contribution is 2.37. The van der Waals surface area contributed by atoms with Gasteiger partial charge in [-0.25, -0.2) is 0 Å². The molecule has 2 atom stereocenters. The summed E-state index contributed by atoms with van der Waals surface area (Å²) in [6.45, 7) is 4.56. The second-order valence-electron chi connectivity index (χ2n) is 5.32. The summed E-state index contributed by atoms with van der Waals surface area (Å²) in [7, 11) is 1.76. The molecule has 0 aromatic heterocycles. The van der Waals surface area contributed by atoms with Crippen LogP contribution in [0, 0.1) is 11.8 Å². The molecule has 100 valence electrons. The topological polar surface area (TPSA) is 21.3 Å². The molecule has 1 saturated carbocycles. The van der Waals surface area contributed by atoms with E-state index >= 15 is 0 Å². The molecule has 0 bridgehead atoms. The Labute approximate surface area is 111 Å². The van der Waals surface area contributed by atoms with E-state index in [2.05, 4.69) is 30.4 Å². The Morgan fingerprint density at radius 2 is 2.00 bits per heavy atom. The van der Waals surface area contributed by atoms with Crippen LogP contribution in [-0.4, -0.2) is 20.2 Å². The van der Waals surface area contributed by atoms with E-state index in [4.69, 9.17) is 4.74 Å². The largest absolute Gasteiger partial charge is 0.496 e. The summed E-state index contributed by atoms with van der Waals surface area (Å²) in [4.78, 5) is 0. The zero-order valence-electron chi connectivity index (χ0n) is 11.6. The highest BCUT2D eigenvalue weighted by atomic mass is 16.5. The van der Waals surface area contributed by atoms with Crippen LogP contribution in [0.3, 0.4) is 0 Å². The molecule has 1 N–H and O–H groups in total. The lowest BCUT2D eigenvalue weighted by molar-refractivity contribution is 0.170. The SMILES string of the molecule is CCCNCC1CCC1Cc1ccccc1OC. The van der Waals surface area contributed by atoms with Gasteiger partial charge in [0.2, 0.25) is 0 Å². The average Bonchev–Trinajstić information content (AvgIpc) is 2.40. The van der Waals surface area contributed by atoms with Crippen LogP contribution in [0.25, 0.3) is 0 Å². The molecule has 1 aromatic rings. The highest BCUT2D eigenvalue weighted by molar-refractivity contribution is 5.33. The Morgan fingerprint density at radius 3 is 2.67 bits per heavy atom. The number of nitrogens with one attached hydrogen (secondary N) is 1. The molecule has 1 aliphatic rings. The number of para-hydroxylation sites is 1. The summed E-state index contributed by atoms with van der Waals surface area (Å²) in [5.74, 6) is 2.75. The van der Waals surface area contributed by atoms with Crippen molar-refractivity contribution in [2.45, 2.75) is 32.6 Å². The van der Waals surface area contributed by atoms with Gasteiger partial charge in [0, 0.05) is 0 Å². The van der Waals surface area contributed by atoms with E-state index < -0.39 is 0 Å². The fraction of sp³-hybridized carbons (Fsp3) is 0.625. The van der Waals surface area contributed by atoms with Crippen LogP contribution in [0.1, 0.15) is 31.7 Å². The van der Waals surface area contributed by atoms with E-state index in [1.165, 1.54) is 37.8 Å². The molecule has 1 fully saturated rings. The van der Waals surface area contributed by atoms with Crippen LogP contribution >= 0.6 is 0 Å². The lowest BCUT2D eigenvalue weighted by atomic mass is 9.70. The van der Waals surface area contributed by atoms with Gasteiger partial charge < -0.3 is 10.1 Å². The van der Waals surface area contributed by atoms with E-state index in [9.17, 15) is 0 Å². The zero-order chi connectivity index (χ0) is 12.8. The van der Waals surface area contributed by atoms with Crippen molar-refractivity contribution in [1.82, 2.24) is 5.32 Å². The predicted octanol–water partition coefficient (Wildman–Crippen LogP) is 3.26. The van der Waals surface area contributed by atoms with Crippen LogP contribution in [0.15, 0.2) is 24.3 Å². The monoisotopic (exact) mass is 247 g/mol. The lowest BCUT2D eigenvalue weighted by Gasteiger charge is -2.37. The molecular formula is C16H25NO. The first-order chi connectivity index (χ1) is 8.85. The first-order valence-corrected chi connectivity index (χ1v) is 7.17. The zero-order valence-corrected chi connectivity index (χ0v) is 11.6. The molecule has 0 heterocycles. The number of rotatable bonds is 7. The van der Waals surface area contributed by atoms with Crippen molar-refractivity contribution in [1.29, 1.82) is 0 Å². The first kappa shape index (κ1) is 13.4. The van der Waals surface area contributed by atoms with E-state index in [0.29, 0.717) is 0 Å². The number of ether oxygens (including phenoxy) is 1. The van der Waals surface area contributed by atoms with Crippen molar-refractivity contribution < 1.29 is 4.74 Å². The molecule has 0 spiro atoms. The minimum absolute atomic E-state index is 0.839. The van der Waals surface area contributed by atoms with E-state index in [-0.39, 0.29) is 0 Å². The fourth-order valence-corrected chi connectivity index (χ4v) is 2.79. The van der Waals surface area contributed by atoms with Gasteiger partial charge in [-0.1, -0.05) is 25.1 Å². The standard InChI is InChI=1S/C16H25NO/c1-3-10-17-12-15-9-8-13(15)11-14-6-4-5-7-16(14)18-2/h4-7,13,15,17H,3,8-12H2,1-2H3. The summed E-state index contributed by atoms with van der Waals surface area (Å²) in [6, 6.07) is 8.43. The molecule has 0 amide bonds. The van der Waals surface area contributed by atoms with Gasteiger partial charge in [-0.2, -0.15) is 0 Å². The Balaban J connectivity index is 1.85. The van der Waals surface area contributed by atoms with Crippen LogP contribution in [0.5, 0.6) is 5.75 Å². The van der Waals surface area contributed by atoms with Crippen molar-refractivity contribution in [3.8, 4) is 5.75 Å². The first-order valence-electron chi connectivity index (χ1n) is 7.17. The summed E-state index contributed by atoms with van der Waals surface area (Å²) in [5.41, 5.74) is 1.37. The van der Waals surface area contributed by atoms with Gasteiger partial charge in [0.1, 0.15) is 5.75 Å². The molecule has 1 aliphatic carbocycles. The maximum absolute atomic E-state index is 5.43. The Morgan fingerprint density at radius 1 is 1.22 bits per heavy atom. The highest BCUT2D eigenvalue weighted by Gasteiger charge is 2.30. The molecule has 2 heteroatoms. The van der Waals surface area contributed by atoms with E-state index in [0.717, 1.165) is 24.1 Å². The Hall–Kier alpha value is -1.02. The van der Waals surface area contributed by atoms with Gasteiger partial charge in [0.25, 0.3) is 0 Å². The van der Waals surface area contributed by atoms with E-state index in [1.807, 2.05) is 6.07 Å². The van der Waals surface area contributed by atoms with Gasteiger partial charge in [-0.3, -0.25) is 0 Å². The molecular weight excluding hydrogens is 222 g/mol. The molecule has 0 saturated heterocycles. The van der Waals surface area contributed by atoms with Crippen molar-refractivity contribution in [3.63, 3.8) is 0 Å². The molecule has 1 aromatic carbocycles. The smallest absolute Gasteiger partial charge is 0.122 e. The molecule has 18 heavy (non-hydrogen) atoms. The van der Waals surface area contributed by atoms with Crippen molar-refractivity contribution in [3.05, 3.63) is 29.8 Å². The van der Waals surface area contributed by atoms with Crippen molar-refractivity contribution in [2.24, 2.45) is 11.8 Å². The van der Waals surface area contributed by atoms with Gasteiger partial charge >= 0.3 is 0 Å². The summed E-state index contributed by atoms with van der Waals surface area (Å²) in [5, 5.41) is 3.55. The second kappa shape index (κ2) is 6.79. The lowest BCUT2D eigenvalue weighted by Crippen LogP contribution is -2.36. The third-order valence-electron chi connectivity index (χ3n) is 4.08. The fourth-order valence-electron chi connectivity index (χ4n) is 2.79. The predicted molar refractivity (Wildman–Crippen MR) is 76.1 cm³/mol. The quantitative estimate of drug-likeness (QED) is 0.747. The maximum atomic E-state index is 5.43. The Kier molecular flexibility index (Phi) is 5.06. The second-order valence-corrected chi connectivity index (χ2v) is 5.32. The van der Waals surface area contributed by atoms with E-state index in [1.54, 1.807) is 7.11 Å². The van der Waals surface area contributed by atoms with Gasteiger partial charge in [-0.15, -0.1) is 0 Å². The summed E-state index contributed by atoms with van der Waals surface area (Å²) >= 11 is 0. The number of methoxy groups -OCH3 is 1. The van der Waals surface area contributed by atoms with Crippen LogP contribution in [-0.2, 0) is 6.42 Å². The summed E-state index contributed by atoms with van der Waals surface area (Å²) in [6.07, 6.45) is 5.15. The van der Waals surface area contributed by atoms with Gasteiger partial charge in [0.15, 0.2) is 0 Å². The van der Waals surface area contributed by atoms with Crippen LogP contribution in [0.4, 0.5) is 0 Å². The Bertz CT molecular complexity index is 364. The molecule has 0 radical (unpaired) electrons. The third kappa shape index (κ3) is 3.26. The molecule has 2 unspecified atom stereocenters. The van der Waals surface area contributed by atoms with Gasteiger partial charge in [-0.05, 0) is 62.2 Å². The van der Waals surface area contributed by atoms with Crippen molar-refractivity contribution >= 4 is 0 Å². The minimum Gasteiger partial charge on any atom is -0.496 e. The normalized spacial score (nSPS) is 22.6. The third-order valence-corrected chi connectivity index (χ3v) is 4.08. The van der Waals surface area contributed by atoms with Crippen molar-refractivity contribution in [2.75, 3.05) is 20.2 Å². The van der Waals surface area contributed by atoms with Gasteiger partial charge in [0.05, 0.1) is 7.11 Å². The maximum Gasteiger partial charge on any atom is 0.122 e. The number of benzene rings is 1. The molecule has 0 aliphatic heterocycles. The summed E-state index contributed by atoms with van der Waals surface area (Å²) < 4.78 is 5.43. The molecule has 2 rings (SSSR count). The molecule has 2 nitrogen and oxygen atoms in total.